The molecule has 1 aliphatic carbocycles. The quantitative estimate of drug-likeness (QED) is 0.606. The highest BCUT2D eigenvalue weighted by atomic mass is 35.5. The maximum atomic E-state index is 12.2. The van der Waals surface area contributed by atoms with Crippen LogP contribution in [0.2, 0.25) is 10.0 Å². The average Bonchev–Trinajstić information content (AvgIpc) is 2.94. The van der Waals surface area contributed by atoms with E-state index in [1.807, 2.05) is 6.07 Å². The van der Waals surface area contributed by atoms with E-state index in [1.54, 1.807) is 29.5 Å². The first kappa shape index (κ1) is 16.5. The molecule has 0 aliphatic heterocycles. The molecule has 0 bridgehead atoms. The molecule has 2 aromatic rings. The monoisotopic (exact) mass is 366 g/mol. The van der Waals surface area contributed by atoms with E-state index in [1.165, 1.54) is 23.1 Å². The molecule has 0 saturated carbocycles. The number of nitrogens with one attached hydrogen (secondary N) is 1. The fourth-order valence-electron chi connectivity index (χ4n) is 2.65. The van der Waals surface area contributed by atoms with Crippen LogP contribution in [-0.4, -0.2) is 12.1 Å². The zero-order chi connectivity index (χ0) is 16.4. The predicted octanol–water partition coefficient (Wildman–Crippen LogP) is 4.94. The van der Waals surface area contributed by atoms with Crippen LogP contribution in [0.15, 0.2) is 29.4 Å². The minimum Gasteiger partial charge on any atom is -0.266 e. The third-order valence-electron chi connectivity index (χ3n) is 3.90. The van der Waals surface area contributed by atoms with Crippen molar-refractivity contribution in [2.75, 3.05) is 0 Å². The highest BCUT2D eigenvalue weighted by molar-refractivity contribution is 7.14. The Balaban J connectivity index is 1.68. The zero-order valence-electron chi connectivity index (χ0n) is 12.6. The number of benzene rings is 1. The SMILES string of the molecule is C[C@@H]1CCc2sc(C(=O)N/N=C\c3cccc(Cl)c3Cl)cc2C1. The summed E-state index contributed by atoms with van der Waals surface area (Å²) in [7, 11) is 0. The van der Waals surface area contributed by atoms with E-state index in [-0.39, 0.29) is 5.91 Å². The first-order valence-corrected chi connectivity index (χ1v) is 9.01. The molecule has 23 heavy (non-hydrogen) atoms. The standard InChI is InChI=1S/C17H16Cl2N2OS/c1-10-5-6-14-12(7-10)8-15(23-14)17(22)21-20-9-11-3-2-4-13(18)16(11)19/h2-4,8-10H,5-7H2,1H3,(H,21,22)/b20-9-/t10-/m1/s1. The van der Waals surface area contributed by atoms with Gasteiger partial charge in [-0.1, -0.05) is 42.3 Å². The Kier molecular flexibility index (Phi) is 5.05. The summed E-state index contributed by atoms with van der Waals surface area (Å²) in [5, 5.41) is 4.86. The Bertz CT molecular complexity index is 770. The lowest BCUT2D eigenvalue weighted by Gasteiger charge is -2.16. The third kappa shape index (κ3) is 3.77. The lowest BCUT2D eigenvalue weighted by molar-refractivity contribution is 0.0959. The fraction of sp³-hybridized carbons (Fsp3) is 0.294. The first-order valence-electron chi connectivity index (χ1n) is 7.43. The van der Waals surface area contributed by atoms with Crippen molar-refractivity contribution in [3.05, 3.63) is 55.2 Å². The second kappa shape index (κ2) is 7.04. The van der Waals surface area contributed by atoms with Gasteiger partial charge in [-0.25, -0.2) is 5.43 Å². The molecular formula is C17H16Cl2N2OS. The number of carbonyl (C=O) groups excluding carboxylic acids is 1. The molecule has 0 saturated heterocycles. The van der Waals surface area contributed by atoms with Crippen molar-refractivity contribution in [3.8, 4) is 0 Å². The average molecular weight is 367 g/mol. The largest absolute Gasteiger partial charge is 0.281 e. The molecule has 1 aromatic carbocycles. The molecular weight excluding hydrogens is 351 g/mol. The molecule has 1 heterocycles. The maximum absolute atomic E-state index is 12.2. The number of fused-ring (bicyclic) bond motifs is 1. The van der Waals surface area contributed by atoms with Gasteiger partial charge in [0.15, 0.2) is 0 Å². The summed E-state index contributed by atoms with van der Waals surface area (Å²) in [6.07, 6.45) is 4.82. The highest BCUT2D eigenvalue weighted by Gasteiger charge is 2.20. The van der Waals surface area contributed by atoms with Gasteiger partial charge in [0, 0.05) is 10.4 Å². The van der Waals surface area contributed by atoms with Crippen LogP contribution in [0, 0.1) is 5.92 Å². The molecule has 3 nitrogen and oxygen atoms in total. The minimum absolute atomic E-state index is 0.188. The van der Waals surface area contributed by atoms with Gasteiger partial charge >= 0.3 is 0 Å². The van der Waals surface area contributed by atoms with Crippen LogP contribution >= 0.6 is 34.5 Å². The third-order valence-corrected chi connectivity index (χ3v) is 5.97. The van der Waals surface area contributed by atoms with Crippen LogP contribution in [0.1, 0.15) is 39.0 Å². The summed E-state index contributed by atoms with van der Waals surface area (Å²) in [6, 6.07) is 7.27. The van der Waals surface area contributed by atoms with Gasteiger partial charge in [-0.3, -0.25) is 4.79 Å². The van der Waals surface area contributed by atoms with Crippen LogP contribution in [0.25, 0.3) is 0 Å². The van der Waals surface area contributed by atoms with Crippen molar-refractivity contribution in [1.29, 1.82) is 0 Å². The van der Waals surface area contributed by atoms with Crippen LogP contribution in [-0.2, 0) is 12.8 Å². The number of thiophene rings is 1. The molecule has 1 aromatic heterocycles. The second-order valence-corrected chi connectivity index (χ2v) is 7.67. The predicted molar refractivity (Wildman–Crippen MR) is 97.0 cm³/mol. The van der Waals surface area contributed by atoms with Gasteiger partial charge in [-0.15, -0.1) is 11.3 Å². The van der Waals surface area contributed by atoms with Crippen molar-refractivity contribution >= 4 is 46.7 Å². The summed E-state index contributed by atoms with van der Waals surface area (Å²) < 4.78 is 0. The van der Waals surface area contributed by atoms with Crippen molar-refractivity contribution in [1.82, 2.24) is 5.43 Å². The number of amides is 1. The number of aryl methyl sites for hydroxylation is 1. The summed E-state index contributed by atoms with van der Waals surface area (Å²) in [5.41, 5.74) is 4.53. The highest BCUT2D eigenvalue weighted by Crippen LogP contribution is 2.32. The lowest BCUT2D eigenvalue weighted by Crippen LogP contribution is -2.16. The minimum atomic E-state index is -0.188. The van der Waals surface area contributed by atoms with Gasteiger partial charge in [0.1, 0.15) is 0 Å². The number of nitrogens with zero attached hydrogens (tertiary/aromatic N) is 1. The van der Waals surface area contributed by atoms with Crippen LogP contribution in [0.5, 0.6) is 0 Å². The van der Waals surface area contributed by atoms with Gasteiger partial charge in [0.2, 0.25) is 0 Å². The van der Waals surface area contributed by atoms with E-state index < -0.39 is 0 Å². The first-order chi connectivity index (χ1) is 11.0. The molecule has 1 aliphatic rings. The van der Waals surface area contributed by atoms with Crippen LogP contribution in [0.4, 0.5) is 0 Å². The lowest BCUT2D eigenvalue weighted by atomic mass is 9.90. The van der Waals surface area contributed by atoms with E-state index in [9.17, 15) is 4.79 Å². The van der Waals surface area contributed by atoms with Crippen molar-refractivity contribution in [3.63, 3.8) is 0 Å². The number of carbonyl (C=O) groups is 1. The van der Waals surface area contributed by atoms with E-state index in [0.717, 1.165) is 12.8 Å². The summed E-state index contributed by atoms with van der Waals surface area (Å²) in [5.74, 6) is 0.502. The molecule has 6 heteroatoms. The van der Waals surface area contributed by atoms with Crippen molar-refractivity contribution in [2.45, 2.75) is 26.2 Å². The van der Waals surface area contributed by atoms with E-state index >= 15 is 0 Å². The maximum Gasteiger partial charge on any atom is 0.281 e. The van der Waals surface area contributed by atoms with Crippen molar-refractivity contribution < 1.29 is 4.79 Å². The van der Waals surface area contributed by atoms with Gasteiger partial charge in [-0.2, -0.15) is 5.10 Å². The molecule has 0 fully saturated rings. The summed E-state index contributed by atoms with van der Waals surface area (Å²) in [4.78, 5) is 14.2. The Morgan fingerprint density at radius 1 is 1.43 bits per heavy atom. The Hall–Kier alpha value is -1.36. The van der Waals surface area contributed by atoms with Crippen LogP contribution < -0.4 is 5.43 Å². The molecule has 120 valence electrons. The molecule has 1 amide bonds. The fourth-order valence-corrected chi connectivity index (χ4v) is 4.11. The smallest absolute Gasteiger partial charge is 0.266 e. The topological polar surface area (TPSA) is 41.5 Å². The zero-order valence-corrected chi connectivity index (χ0v) is 14.9. The second-order valence-electron chi connectivity index (χ2n) is 5.75. The number of hydrogen-bond acceptors (Lipinski definition) is 3. The Morgan fingerprint density at radius 3 is 3.09 bits per heavy atom. The van der Waals surface area contributed by atoms with Crippen molar-refractivity contribution in [2.24, 2.45) is 11.0 Å². The molecule has 0 spiro atoms. The van der Waals surface area contributed by atoms with Crippen LogP contribution in [0.3, 0.4) is 0 Å². The number of hydrazone groups is 1. The Labute approximate surface area is 149 Å². The molecule has 1 N–H and O–H groups in total. The van der Waals surface area contributed by atoms with Gasteiger partial charge in [0.05, 0.1) is 21.1 Å². The number of hydrogen-bond donors (Lipinski definition) is 1. The molecule has 1 atom stereocenters. The molecule has 0 unspecified atom stereocenters. The normalized spacial score (nSPS) is 17.3. The Morgan fingerprint density at radius 2 is 2.26 bits per heavy atom. The summed E-state index contributed by atoms with van der Waals surface area (Å²) >= 11 is 13.6. The van der Waals surface area contributed by atoms with Gasteiger partial charge < -0.3 is 0 Å². The summed E-state index contributed by atoms with van der Waals surface area (Å²) in [6.45, 7) is 2.25. The molecule has 0 radical (unpaired) electrons. The molecule has 3 rings (SSSR count). The van der Waals surface area contributed by atoms with Gasteiger partial charge in [-0.05, 0) is 42.9 Å². The van der Waals surface area contributed by atoms with Gasteiger partial charge in [0.25, 0.3) is 5.91 Å². The number of halogens is 2. The number of rotatable bonds is 3. The van der Waals surface area contributed by atoms with E-state index in [4.69, 9.17) is 23.2 Å². The van der Waals surface area contributed by atoms with E-state index in [2.05, 4.69) is 17.5 Å². The van der Waals surface area contributed by atoms with E-state index in [0.29, 0.717) is 26.4 Å².